The van der Waals surface area contributed by atoms with Crippen LogP contribution in [0.1, 0.15) is 40.7 Å². The van der Waals surface area contributed by atoms with E-state index >= 15 is 0 Å². The number of amides is 1. The monoisotopic (exact) mass is 301 g/mol. The number of hydrogen-bond acceptors (Lipinski definition) is 6. The predicted molar refractivity (Wildman–Crippen MR) is 82.1 cm³/mol. The second-order valence-electron chi connectivity index (χ2n) is 4.53. The number of hydrogen-bond donors (Lipinski definition) is 2. The van der Waals surface area contributed by atoms with Gasteiger partial charge in [-0.2, -0.15) is 0 Å². The summed E-state index contributed by atoms with van der Waals surface area (Å²) in [5.41, 5.74) is 6.77. The van der Waals surface area contributed by atoms with Gasteiger partial charge < -0.3 is 11.1 Å². The average Bonchev–Trinajstić information content (AvgIpc) is 2.95. The van der Waals surface area contributed by atoms with Gasteiger partial charge in [-0.25, -0.2) is 4.98 Å². The molecule has 3 N–H and O–H groups in total. The fourth-order valence-corrected chi connectivity index (χ4v) is 2.35. The van der Waals surface area contributed by atoms with E-state index in [-0.39, 0.29) is 18.4 Å². The van der Waals surface area contributed by atoms with Crippen LogP contribution in [0.5, 0.6) is 0 Å². The maximum absolute atomic E-state index is 12.2. The zero-order chi connectivity index (χ0) is 15.2. The number of pyridine rings is 1. The highest BCUT2D eigenvalue weighted by Gasteiger charge is 2.19. The third kappa shape index (κ3) is 3.84. The van der Waals surface area contributed by atoms with Crippen LogP contribution < -0.4 is 11.1 Å². The van der Waals surface area contributed by atoms with Crippen molar-refractivity contribution in [1.82, 2.24) is 14.6 Å². The molecule has 0 aliphatic heterocycles. The van der Waals surface area contributed by atoms with E-state index in [2.05, 4.69) is 31.7 Å². The van der Waals surface area contributed by atoms with Crippen LogP contribution >= 0.6 is 11.5 Å². The Morgan fingerprint density at radius 3 is 3.05 bits per heavy atom. The van der Waals surface area contributed by atoms with E-state index in [1.54, 1.807) is 18.3 Å². The fraction of sp³-hybridized carbons (Fsp3) is 0.286. The highest BCUT2D eigenvalue weighted by atomic mass is 32.1. The number of carbonyl (C=O) groups excluding carboxylic acids is 1. The van der Waals surface area contributed by atoms with Crippen LogP contribution in [0.3, 0.4) is 0 Å². The van der Waals surface area contributed by atoms with E-state index in [9.17, 15) is 4.79 Å². The molecule has 2 aromatic heterocycles. The molecule has 1 amide bonds. The third-order valence-electron chi connectivity index (χ3n) is 2.60. The molecule has 0 aliphatic carbocycles. The molecule has 0 atom stereocenters. The van der Waals surface area contributed by atoms with Gasteiger partial charge in [-0.05, 0) is 29.6 Å². The standard InChI is InChI=1S/C14H15N5OS/c1-9(2)12-13(21-19-18-12)14(20)17-11-8-10(4-3-6-15)5-7-16-11/h5,7-9H,6,15H2,1-2H3,(H,16,17,20). The van der Waals surface area contributed by atoms with Gasteiger partial charge in [0.2, 0.25) is 0 Å². The average molecular weight is 301 g/mol. The number of rotatable bonds is 3. The molecule has 0 radical (unpaired) electrons. The Hall–Kier alpha value is -2.30. The molecule has 108 valence electrons. The molecule has 21 heavy (non-hydrogen) atoms. The summed E-state index contributed by atoms with van der Waals surface area (Å²) >= 11 is 1.08. The minimum Gasteiger partial charge on any atom is -0.320 e. The van der Waals surface area contributed by atoms with Gasteiger partial charge in [0.15, 0.2) is 0 Å². The lowest BCUT2D eigenvalue weighted by Gasteiger charge is -2.05. The summed E-state index contributed by atoms with van der Waals surface area (Å²) in [7, 11) is 0. The predicted octanol–water partition coefficient (Wildman–Crippen LogP) is 1.62. The van der Waals surface area contributed by atoms with Gasteiger partial charge >= 0.3 is 0 Å². The molecule has 0 spiro atoms. The summed E-state index contributed by atoms with van der Waals surface area (Å²) in [6.07, 6.45) is 1.59. The SMILES string of the molecule is CC(C)c1nnsc1C(=O)Nc1cc(C#CCN)ccn1. The number of nitrogens with two attached hydrogens (primary N) is 1. The first-order valence-electron chi connectivity index (χ1n) is 6.40. The second kappa shape index (κ2) is 6.92. The Morgan fingerprint density at radius 1 is 1.52 bits per heavy atom. The molecule has 0 aromatic carbocycles. The molecule has 0 fully saturated rings. The van der Waals surface area contributed by atoms with Crippen molar-refractivity contribution in [3.8, 4) is 11.8 Å². The Labute approximate surface area is 127 Å². The van der Waals surface area contributed by atoms with Gasteiger partial charge in [-0.3, -0.25) is 4.79 Å². The fourth-order valence-electron chi connectivity index (χ4n) is 1.64. The summed E-state index contributed by atoms with van der Waals surface area (Å²) in [6.45, 7) is 4.22. The number of aromatic nitrogens is 3. The lowest BCUT2D eigenvalue weighted by Crippen LogP contribution is -2.14. The maximum Gasteiger partial charge on any atom is 0.270 e. The molecule has 7 heteroatoms. The minimum atomic E-state index is -0.259. The summed E-state index contributed by atoms with van der Waals surface area (Å²) in [6, 6.07) is 3.45. The van der Waals surface area contributed by atoms with Crippen LogP contribution in [0.15, 0.2) is 18.3 Å². The smallest absolute Gasteiger partial charge is 0.270 e. The van der Waals surface area contributed by atoms with Crippen LogP contribution in [-0.2, 0) is 0 Å². The van der Waals surface area contributed by atoms with Crippen molar-refractivity contribution in [2.75, 3.05) is 11.9 Å². The molecule has 6 nitrogen and oxygen atoms in total. The van der Waals surface area contributed by atoms with Gasteiger partial charge in [-0.15, -0.1) is 5.10 Å². The first-order valence-corrected chi connectivity index (χ1v) is 7.17. The van der Waals surface area contributed by atoms with E-state index in [0.29, 0.717) is 16.4 Å². The number of carbonyl (C=O) groups is 1. The van der Waals surface area contributed by atoms with Crippen LogP contribution in [0.25, 0.3) is 0 Å². The Bertz CT molecular complexity index is 699. The first kappa shape index (κ1) is 15.1. The molecule has 0 saturated heterocycles. The van der Waals surface area contributed by atoms with Crippen molar-refractivity contribution in [2.24, 2.45) is 5.73 Å². The Kier molecular flexibility index (Phi) is 4.98. The van der Waals surface area contributed by atoms with Crippen molar-refractivity contribution in [3.05, 3.63) is 34.5 Å². The lowest BCUT2D eigenvalue weighted by atomic mass is 10.1. The van der Waals surface area contributed by atoms with Crippen LogP contribution in [0.4, 0.5) is 5.82 Å². The van der Waals surface area contributed by atoms with Crippen molar-refractivity contribution in [2.45, 2.75) is 19.8 Å². The zero-order valence-electron chi connectivity index (χ0n) is 11.8. The molecule has 2 aromatic rings. The number of nitrogens with zero attached hydrogens (tertiary/aromatic N) is 3. The van der Waals surface area contributed by atoms with Crippen molar-refractivity contribution in [1.29, 1.82) is 0 Å². The molecule has 2 rings (SSSR count). The maximum atomic E-state index is 12.2. The normalized spacial score (nSPS) is 10.1. The number of anilines is 1. The molecular weight excluding hydrogens is 286 g/mol. The zero-order valence-corrected chi connectivity index (χ0v) is 12.6. The van der Waals surface area contributed by atoms with Gasteiger partial charge in [0.25, 0.3) is 5.91 Å². The van der Waals surface area contributed by atoms with E-state index in [4.69, 9.17) is 5.73 Å². The Balaban J connectivity index is 2.18. The van der Waals surface area contributed by atoms with Gasteiger partial charge in [-0.1, -0.05) is 30.2 Å². The molecule has 0 aliphatic rings. The van der Waals surface area contributed by atoms with Crippen molar-refractivity contribution in [3.63, 3.8) is 0 Å². The molecule has 0 saturated carbocycles. The topological polar surface area (TPSA) is 93.8 Å². The lowest BCUT2D eigenvalue weighted by molar-refractivity contribution is 0.102. The van der Waals surface area contributed by atoms with E-state index < -0.39 is 0 Å². The third-order valence-corrected chi connectivity index (χ3v) is 3.34. The van der Waals surface area contributed by atoms with Crippen LogP contribution in [0, 0.1) is 11.8 Å². The van der Waals surface area contributed by atoms with Crippen LogP contribution in [-0.4, -0.2) is 27.0 Å². The quantitative estimate of drug-likeness (QED) is 0.840. The van der Waals surface area contributed by atoms with Gasteiger partial charge in [0, 0.05) is 11.8 Å². The summed E-state index contributed by atoms with van der Waals surface area (Å²) < 4.78 is 3.84. The van der Waals surface area contributed by atoms with Crippen molar-refractivity contribution >= 4 is 23.3 Å². The summed E-state index contributed by atoms with van der Waals surface area (Å²) in [5, 5.41) is 6.73. The highest BCUT2D eigenvalue weighted by Crippen LogP contribution is 2.20. The Morgan fingerprint density at radius 2 is 2.33 bits per heavy atom. The summed E-state index contributed by atoms with van der Waals surface area (Å²) in [4.78, 5) is 16.9. The van der Waals surface area contributed by atoms with Crippen LogP contribution in [0.2, 0.25) is 0 Å². The van der Waals surface area contributed by atoms with E-state index in [1.165, 1.54) is 0 Å². The minimum absolute atomic E-state index is 0.138. The number of nitrogens with one attached hydrogen (secondary N) is 1. The van der Waals surface area contributed by atoms with E-state index in [1.807, 2.05) is 13.8 Å². The molecule has 2 heterocycles. The van der Waals surface area contributed by atoms with Gasteiger partial charge in [0.05, 0.1) is 12.2 Å². The highest BCUT2D eigenvalue weighted by molar-refractivity contribution is 7.08. The first-order chi connectivity index (χ1) is 10.1. The van der Waals surface area contributed by atoms with E-state index in [0.717, 1.165) is 17.1 Å². The largest absolute Gasteiger partial charge is 0.320 e. The molecular formula is C14H15N5OS. The summed E-state index contributed by atoms with van der Waals surface area (Å²) in [5.74, 6) is 5.97. The van der Waals surface area contributed by atoms with Gasteiger partial charge in [0.1, 0.15) is 10.7 Å². The van der Waals surface area contributed by atoms with Crippen molar-refractivity contribution < 1.29 is 4.79 Å². The molecule has 0 bridgehead atoms. The molecule has 0 unspecified atom stereocenters. The second-order valence-corrected chi connectivity index (χ2v) is 5.29.